The largest absolute Gasteiger partial charge is 0.378 e. The van der Waals surface area contributed by atoms with Crippen molar-refractivity contribution in [1.82, 2.24) is 0 Å². The highest BCUT2D eigenvalue weighted by atomic mass is 16.6. The molecular weight excluding hydrogens is 392 g/mol. The molecule has 0 aliphatic carbocycles. The van der Waals surface area contributed by atoms with E-state index in [1.54, 1.807) is 24.3 Å². The molecule has 1 aliphatic rings. The lowest BCUT2D eigenvalue weighted by molar-refractivity contribution is -0.385. The van der Waals surface area contributed by atoms with Crippen LogP contribution in [0.25, 0.3) is 10.8 Å². The van der Waals surface area contributed by atoms with Gasteiger partial charge in [-0.3, -0.25) is 29.8 Å². The molecule has 3 aromatic rings. The van der Waals surface area contributed by atoms with E-state index in [0.29, 0.717) is 0 Å². The third-order valence-corrected chi connectivity index (χ3v) is 4.93. The maximum atomic E-state index is 13.2. The number of benzene rings is 3. The predicted octanol–water partition coefficient (Wildman–Crippen LogP) is 3.52. The van der Waals surface area contributed by atoms with Crippen molar-refractivity contribution in [1.29, 1.82) is 0 Å². The van der Waals surface area contributed by atoms with E-state index in [0.717, 1.165) is 34.9 Å². The molecule has 0 atom stereocenters. The van der Waals surface area contributed by atoms with Crippen LogP contribution in [-0.4, -0.2) is 35.8 Å². The Bertz CT molecular complexity index is 1200. The molecule has 30 heavy (non-hydrogen) atoms. The second kappa shape index (κ2) is 6.62. The Kier molecular flexibility index (Phi) is 4.19. The van der Waals surface area contributed by atoms with Crippen LogP contribution in [0.1, 0.15) is 20.7 Å². The lowest BCUT2D eigenvalue weighted by atomic mass is 9.92. The first kappa shape index (κ1) is 19.0. The van der Waals surface area contributed by atoms with Crippen LogP contribution in [-0.2, 0) is 0 Å². The second-order valence-electron chi connectivity index (χ2n) is 6.96. The number of imide groups is 1. The van der Waals surface area contributed by atoms with E-state index in [9.17, 15) is 29.8 Å². The molecule has 150 valence electrons. The standard InChI is InChI=1S/C20H14N4O6/c1-21(2)12-3-5-13(6-4-12)22-19(25)16-9-14(23(27)28)7-11-8-15(24(29)30)10-17(18(11)16)20(22)26/h3-10H,1-2H3. The number of hydrogen-bond donors (Lipinski definition) is 0. The number of anilines is 2. The zero-order valence-electron chi connectivity index (χ0n) is 15.9. The van der Waals surface area contributed by atoms with Gasteiger partial charge in [0.1, 0.15) is 0 Å². The molecule has 0 unspecified atom stereocenters. The Labute approximate surface area is 169 Å². The topological polar surface area (TPSA) is 127 Å². The molecule has 0 bridgehead atoms. The molecule has 0 saturated carbocycles. The number of amides is 2. The van der Waals surface area contributed by atoms with E-state index in [1.807, 2.05) is 19.0 Å². The van der Waals surface area contributed by atoms with Gasteiger partial charge in [-0.05, 0) is 29.7 Å². The Hall–Kier alpha value is -4.34. The van der Waals surface area contributed by atoms with Gasteiger partial charge in [0.25, 0.3) is 23.2 Å². The maximum absolute atomic E-state index is 13.2. The van der Waals surface area contributed by atoms with E-state index >= 15 is 0 Å². The van der Waals surface area contributed by atoms with E-state index in [4.69, 9.17) is 0 Å². The average molecular weight is 406 g/mol. The van der Waals surface area contributed by atoms with Gasteiger partial charge >= 0.3 is 0 Å². The van der Waals surface area contributed by atoms with Crippen molar-refractivity contribution < 1.29 is 19.4 Å². The number of rotatable bonds is 4. The van der Waals surface area contributed by atoms with Crippen LogP contribution < -0.4 is 9.80 Å². The van der Waals surface area contributed by atoms with Gasteiger partial charge in [0.05, 0.1) is 26.7 Å². The van der Waals surface area contributed by atoms with Crippen molar-refractivity contribution in [3.8, 4) is 0 Å². The lowest BCUT2D eigenvalue weighted by Crippen LogP contribution is -2.40. The summed E-state index contributed by atoms with van der Waals surface area (Å²) < 4.78 is 0. The zero-order valence-corrected chi connectivity index (χ0v) is 15.9. The molecule has 0 aromatic heterocycles. The Balaban J connectivity index is 1.98. The van der Waals surface area contributed by atoms with Gasteiger partial charge in [-0.25, -0.2) is 4.90 Å². The van der Waals surface area contributed by atoms with E-state index in [1.165, 1.54) is 0 Å². The zero-order chi connectivity index (χ0) is 21.7. The highest BCUT2D eigenvalue weighted by Gasteiger charge is 2.36. The molecule has 4 rings (SSSR count). The SMILES string of the molecule is CN(C)c1ccc(N2C(=O)c3cc([N+](=O)[O-])cc4cc([N+](=O)[O-])cc(c34)C2=O)cc1. The van der Waals surface area contributed by atoms with Gasteiger partial charge < -0.3 is 4.90 Å². The van der Waals surface area contributed by atoms with Crippen molar-refractivity contribution in [2.45, 2.75) is 0 Å². The van der Waals surface area contributed by atoms with Crippen molar-refractivity contribution in [3.63, 3.8) is 0 Å². The molecule has 10 heteroatoms. The molecule has 0 N–H and O–H groups in total. The Morgan fingerprint density at radius 2 is 1.27 bits per heavy atom. The average Bonchev–Trinajstić information content (AvgIpc) is 2.71. The van der Waals surface area contributed by atoms with E-state index in [2.05, 4.69) is 0 Å². The number of carbonyl (C=O) groups excluding carboxylic acids is 2. The first-order chi connectivity index (χ1) is 14.2. The first-order valence-corrected chi connectivity index (χ1v) is 8.76. The molecule has 0 saturated heterocycles. The predicted molar refractivity (Wildman–Crippen MR) is 109 cm³/mol. The summed E-state index contributed by atoms with van der Waals surface area (Å²) in [6.45, 7) is 0. The van der Waals surface area contributed by atoms with Crippen LogP contribution in [0.15, 0.2) is 48.5 Å². The minimum Gasteiger partial charge on any atom is -0.378 e. The molecule has 3 aromatic carbocycles. The van der Waals surface area contributed by atoms with Crippen molar-refractivity contribution in [2.75, 3.05) is 23.9 Å². The minimum atomic E-state index is -0.729. The van der Waals surface area contributed by atoms with Crippen LogP contribution >= 0.6 is 0 Å². The van der Waals surface area contributed by atoms with Gasteiger partial charge in [-0.2, -0.15) is 0 Å². The number of non-ortho nitro benzene ring substituents is 2. The van der Waals surface area contributed by atoms with Gasteiger partial charge in [0.2, 0.25) is 0 Å². The highest BCUT2D eigenvalue weighted by Crippen LogP contribution is 2.38. The van der Waals surface area contributed by atoms with Crippen molar-refractivity contribution in [2.24, 2.45) is 0 Å². The van der Waals surface area contributed by atoms with Crippen LogP contribution in [0, 0.1) is 20.2 Å². The van der Waals surface area contributed by atoms with Gasteiger partial charge in [-0.1, -0.05) is 0 Å². The summed E-state index contributed by atoms with van der Waals surface area (Å²) in [5.41, 5.74) is 0.196. The first-order valence-electron chi connectivity index (χ1n) is 8.76. The summed E-state index contributed by atoms with van der Waals surface area (Å²) in [6.07, 6.45) is 0. The Morgan fingerprint density at radius 1 is 0.800 bits per heavy atom. The number of nitro benzene ring substituents is 2. The number of nitro groups is 2. The molecule has 2 amide bonds. The molecule has 10 nitrogen and oxygen atoms in total. The molecular formula is C20H14N4O6. The van der Waals surface area contributed by atoms with Crippen LogP contribution in [0.2, 0.25) is 0 Å². The fourth-order valence-electron chi connectivity index (χ4n) is 3.50. The monoisotopic (exact) mass is 406 g/mol. The second-order valence-corrected chi connectivity index (χ2v) is 6.96. The third kappa shape index (κ3) is 2.82. The smallest absolute Gasteiger partial charge is 0.270 e. The summed E-state index contributed by atoms with van der Waals surface area (Å²) in [5.74, 6) is -1.46. The minimum absolute atomic E-state index is 0.0552. The molecule has 0 radical (unpaired) electrons. The summed E-state index contributed by atoms with van der Waals surface area (Å²) >= 11 is 0. The number of hydrogen-bond acceptors (Lipinski definition) is 7. The number of carbonyl (C=O) groups is 2. The Morgan fingerprint density at radius 3 is 1.67 bits per heavy atom. The van der Waals surface area contributed by atoms with Crippen LogP contribution in [0.3, 0.4) is 0 Å². The normalized spacial score (nSPS) is 12.9. The summed E-state index contributed by atoms with van der Waals surface area (Å²) in [7, 11) is 3.67. The molecule has 0 fully saturated rings. The van der Waals surface area contributed by atoms with E-state index in [-0.39, 0.29) is 27.6 Å². The highest BCUT2D eigenvalue weighted by molar-refractivity contribution is 6.36. The quantitative estimate of drug-likeness (QED) is 0.368. The fourth-order valence-corrected chi connectivity index (χ4v) is 3.50. The third-order valence-electron chi connectivity index (χ3n) is 4.93. The molecule has 0 spiro atoms. The fraction of sp³-hybridized carbons (Fsp3) is 0.100. The van der Waals surface area contributed by atoms with Crippen molar-refractivity contribution >= 4 is 45.3 Å². The summed E-state index contributed by atoms with van der Waals surface area (Å²) in [5, 5.41) is 22.9. The molecule has 1 heterocycles. The van der Waals surface area contributed by atoms with E-state index < -0.39 is 33.0 Å². The lowest BCUT2D eigenvalue weighted by Gasteiger charge is -2.27. The van der Waals surface area contributed by atoms with Gasteiger partial charge in [0, 0.05) is 49.4 Å². The van der Waals surface area contributed by atoms with Crippen LogP contribution in [0.4, 0.5) is 22.7 Å². The summed E-state index contributed by atoms with van der Waals surface area (Å²) in [6, 6.07) is 11.0. The maximum Gasteiger partial charge on any atom is 0.270 e. The van der Waals surface area contributed by atoms with Gasteiger partial charge in [0.15, 0.2) is 0 Å². The van der Waals surface area contributed by atoms with Gasteiger partial charge in [-0.15, -0.1) is 0 Å². The number of nitrogens with zero attached hydrogens (tertiary/aromatic N) is 4. The molecule has 1 aliphatic heterocycles. The summed E-state index contributed by atoms with van der Waals surface area (Å²) in [4.78, 5) is 50.3. The van der Waals surface area contributed by atoms with Crippen LogP contribution in [0.5, 0.6) is 0 Å². The van der Waals surface area contributed by atoms with Crippen molar-refractivity contribution in [3.05, 3.63) is 79.9 Å².